The van der Waals surface area contributed by atoms with Crippen LogP contribution in [0, 0.1) is 0 Å². The number of piperidine rings is 1. The van der Waals surface area contributed by atoms with Crippen molar-refractivity contribution in [1.82, 2.24) is 10.4 Å². The van der Waals surface area contributed by atoms with Gasteiger partial charge < -0.3 is 0 Å². The molecule has 1 aliphatic rings. The fourth-order valence-electron chi connectivity index (χ4n) is 2.42. The summed E-state index contributed by atoms with van der Waals surface area (Å²) in [5, 5.41) is 2.71. The molecule has 98 valence electrons. The summed E-state index contributed by atoms with van der Waals surface area (Å²) in [4.78, 5) is 12.1. The topological polar surface area (TPSA) is 32.3 Å². The number of carbonyl (C=O) groups is 1. The number of halogens is 1. The lowest BCUT2D eigenvalue weighted by Gasteiger charge is -2.38. The molecule has 0 radical (unpaired) electrons. The number of nitrogens with zero attached hydrogens (tertiary/aromatic N) is 1. The van der Waals surface area contributed by atoms with Crippen LogP contribution in [0.1, 0.15) is 43.5 Å². The Labute approximate surface area is 113 Å². The standard InChI is InChI=1S/C14H19ClN2O/c1-10-4-3-5-11(2)17(10)16-14(18)12-6-8-13(15)9-7-12/h6-11H,3-5H2,1-2H3,(H,16,18). The van der Waals surface area contributed by atoms with Gasteiger partial charge in [0.1, 0.15) is 0 Å². The van der Waals surface area contributed by atoms with Gasteiger partial charge in [0.25, 0.3) is 5.91 Å². The highest BCUT2D eigenvalue weighted by Gasteiger charge is 2.26. The molecule has 0 bridgehead atoms. The normalized spacial score (nSPS) is 24.8. The lowest BCUT2D eigenvalue weighted by atomic mass is 10.00. The Balaban J connectivity index is 2.04. The van der Waals surface area contributed by atoms with Crippen LogP contribution in [0.25, 0.3) is 0 Å². The van der Waals surface area contributed by atoms with E-state index in [1.165, 1.54) is 6.42 Å². The second-order valence-electron chi connectivity index (χ2n) is 4.98. The molecule has 0 spiro atoms. The highest BCUT2D eigenvalue weighted by Crippen LogP contribution is 2.20. The number of hydrogen-bond donors (Lipinski definition) is 1. The molecule has 1 saturated heterocycles. The van der Waals surface area contributed by atoms with E-state index >= 15 is 0 Å². The van der Waals surface area contributed by atoms with E-state index in [0.717, 1.165) is 12.8 Å². The summed E-state index contributed by atoms with van der Waals surface area (Å²) in [7, 11) is 0. The van der Waals surface area contributed by atoms with E-state index in [-0.39, 0.29) is 5.91 Å². The van der Waals surface area contributed by atoms with Crippen molar-refractivity contribution in [1.29, 1.82) is 0 Å². The first-order chi connectivity index (χ1) is 8.58. The van der Waals surface area contributed by atoms with Crippen molar-refractivity contribution in [2.45, 2.75) is 45.2 Å². The van der Waals surface area contributed by atoms with Crippen LogP contribution in [0.15, 0.2) is 24.3 Å². The lowest BCUT2D eigenvalue weighted by molar-refractivity contribution is 0.0370. The van der Waals surface area contributed by atoms with Crippen molar-refractivity contribution < 1.29 is 4.79 Å². The Morgan fingerprint density at radius 2 is 1.78 bits per heavy atom. The molecule has 1 aromatic carbocycles. The third kappa shape index (κ3) is 3.03. The van der Waals surface area contributed by atoms with Gasteiger partial charge in [-0.15, -0.1) is 0 Å². The van der Waals surface area contributed by atoms with Gasteiger partial charge in [0.05, 0.1) is 0 Å². The SMILES string of the molecule is CC1CCCC(C)N1NC(=O)c1ccc(Cl)cc1. The molecule has 3 nitrogen and oxygen atoms in total. The van der Waals surface area contributed by atoms with Gasteiger partial charge in [0.2, 0.25) is 0 Å². The summed E-state index contributed by atoms with van der Waals surface area (Å²) in [5.41, 5.74) is 3.65. The Bertz CT molecular complexity index is 408. The van der Waals surface area contributed by atoms with Gasteiger partial charge in [-0.2, -0.15) is 0 Å². The molecular formula is C14H19ClN2O. The molecule has 2 atom stereocenters. The van der Waals surface area contributed by atoms with Crippen molar-refractivity contribution in [2.24, 2.45) is 0 Å². The van der Waals surface area contributed by atoms with Gasteiger partial charge in [-0.3, -0.25) is 10.2 Å². The van der Waals surface area contributed by atoms with E-state index in [9.17, 15) is 4.79 Å². The zero-order valence-electron chi connectivity index (χ0n) is 10.8. The second kappa shape index (κ2) is 5.72. The number of hydrazine groups is 1. The fraction of sp³-hybridized carbons (Fsp3) is 0.500. The smallest absolute Gasteiger partial charge is 0.265 e. The average molecular weight is 267 g/mol. The molecule has 0 aromatic heterocycles. The number of nitrogens with one attached hydrogen (secondary N) is 1. The van der Waals surface area contributed by atoms with Crippen molar-refractivity contribution in [3.63, 3.8) is 0 Å². The average Bonchev–Trinajstić information content (AvgIpc) is 2.34. The predicted octanol–water partition coefficient (Wildman–Crippen LogP) is 3.25. The molecule has 1 aliphatic heterocycles. The number of rotatable bonds is 2. The van der Waals surface area contributed by atoms with E-state index in [2.05, 4.69) is 24.3 Å². The maximum Gasteiger partial charge on any atom is 0.265 e. The first-order valence-corrected chi connectivity index (χ1v) is 6.80. The zero-order valence-corrected chi connectivity index (χ0v) is 11.6. The van der Waals surface area contributed by atoms with E-state index < -0.39 is 0 Å². The molecule has 1 fully saturated rings. The Kier molecular flexibility index (Phi) is 4.25. The van der Waals surface area contributed by atoms with Crippen LogP contribution < -0.4 is 5.43 Å². The predicted molar refractivity (Wildman–Crippen MR) is 73.5 cm³/mol. The summed E-state index contributed by atoms with van der Waals surface area (Å²) in [6, 6.07) is 7.75. The third-order valence-corrected chi connectivity index (χ3v) is 3.78. The molecule has 1 N–H and O–H groups in total. The molecule has 18 heavy (non-hydrogen) atoms. The molecule has 1 amide bonds. The minimum Gasteiger partial charge on any atom is -0.284 e. The fourth-order valence-corrected chi connectivity index (χ4v) is 2.55. The summed E-state index contributed by atoms with van der Waals surface area (Å²) >= 11 is 5.81. The monoisotopic (exact) mass is 266 g/mol. The van der Waals surface area contributed by atoms with E-state index in [0.29, 0.717) is 22.7 Å². The van der Waals surface area contributed by atoms with Gasteiger partial charge in [-0.05, 0) is 51.0 Å². The second-order valence-corrected chi connectivity index (χ2v) is 5.42. The van der Waals surface area contributed by atoms with Crippen LogP contribution in [0.5, 0.6) is 0 Å². The molecule has 0 aliphatic carbocycles. The molecular weight excluding hydrogens is 248 g/mol. The zero-order chi connectivity index (χ0) is 13.1. The largest absolute Gasteiger partial charge is 0.284 e. The number of benzene rings is 1. The molecule has 1 aromatic rings. The molecule has 2 rings (SSSR count). The van der Waals surface area contributed by atoms with Crippen LogP contribution >= 0.6 is 11.6 Å². The van der Waals surface area contributed by atoms with Gasteiger partial charge in [-0.1, -0.05) is 18.0 Å². The third-order valence-electron chi connectivity index (χ3n) is 3.53. The number of hydrogen-bond acceptors (Lipinski definition) is 2. The van der Waals surface area contributed by atoms with Crippen LogP contribution in [0.2, 0.25) is 5.02 Å². The molecule has 0 saturated carbocycles. The van der Waals surface area contributed by atoms with Crippen molar-refractivity contribution in [3.8, 4) is 0 Å². The minimum atomic E-state index is -0.0627. The highest BCUT2D eigenvalue weighted by molar-refractivity contribution is 6.30. The molecule has 4 heteroatoms. The van der Waals surface area contributed by atoms with Crippen LogP contribution in [-0.4, -0.2) is 23.0 Å². The minimum absolute atomic E-state index is 0.0627. The van der Waals surface area contributed by atoms with Crippen molar-refractivity contribution in [2.75, 3.05) is 0 Å². The van der Waals surface area contributed by atoms with Crippen molar-refractivity contribution in [3.05, 3.63) is 34.9 Å². The molecule has 1 heterocycles. The summed E-state index contributed by atoms with van der Waals surface area (Å²) in [6.07, 6.45) is 3.49. The Morgan fingerprint density at radius 3 is 2.33 bits per heavy atom. The van der Waals surface area contributed by atoms with Crippen LogP contribution in [0.4, 0.5) is 0 Å². The Hall–Kier alpha value is -1.06. The van der Waals surface area contributed by atoms with Crippen LogP contribution in [0.3, 0.4) is 0 Å². The highest BCUT2D eigenvalue weighted by atomic mass is 35.5. The van der Waals surface area contributed by atoms with E-state index in [1.807, 2.05) is 0 Å². The van der Waals surface area contributed by atoms with Gasteiger partial charge >= 0.3 is 0 Å². The molecule has 2 unspecified atom stereocenters. The number of carbonyl (C=O) groups excluding carboxylic acids is 1. The summed E-state index contributed by atoms with van der Waals surface area (Å²) < 4.78 is 0. The summed E-state index contributed by atoms with van der Waals surface area (Å²) in [5.74, 6) is -0.0627. The van der Waals surface area contributed by atoms with Crippen LogP contribution in [-0.2, 0) is 0 Å². The first-order valence-electron chi connectivity index (χ1n) is 6.43. The quantitative estimate of drug-likeness (QED) is 0.891. The van der Waals surface area contributed by atoms with E-state index in [1.54, 1.807) is 24.3 Å². The maximum absolute atomic E-state index is 12.1. The Morgan fingerprint density at radius 1 is 1.22 bits per heavy atom. The summed E-state index contributed by atoms with van der Waals surface area (Å²) in [6.45, 7) is 4.30. The number of amides is 1. The first kappa shape index (κ1) is 13.4. The van der Waals surface area contributed by atoms with Gasteiger partial charge in [0, 0.05) is 22.7 Å². The maximum atomic E-state index is 12.1. The lowest BCUT2D eigenvalue weighted by Crippen LogP contribution is -2.54. The van der Waals surface area contributed by atoms with Gasteiger partial charge in [0.15, 0.2) is 0 Å². The van der Waals surface area contributed by atoms with E-state index in [4.69, 9.17) is 11.6 Å². The van der Waals surface area contributed by atoms with Gasteiger partial charge in [-0.25, -0.2) is 5.01 Å². The van der Waals surface area contributed by atoms with Crippen molar-refractivity contribution >= 4 is 17.5 Å².